The summed E-state index contributed by atoms with van der Waals surface area (Å²) >= 11 is 0. The van der Waals surface area contributed by atoms with E-state index in [1.54, 1.807) is 36.4 Å². The molecule has 33 heavy (non-hydrogen) atoms. The summed E-state index contributed by atoms with van der Waals surface area (Å²) < 4.78 is 0. The van der Waals surface area contributed by atoms with Gasteiger partial charge in [0.15, 0.2) is 0 Å². The van der Waals surface area contributed by atoms with Gasteiger partial charge < -0.3 is 22.9 Å². The molecule has 8 heteroatoms. The predicted molar refractivity (Wildman–Crippen MR) is 130 cm³/mol. The number of fused-ring (bicyclic) bond motifs is 2. The van der Waals surface area contributed by atoms with Crippen LogP contribution < -0.4 is 22.9 Å². The highest BCUT2D eigenvalue weighted by Crippen LogP contribution is 2.40. The van der Waals surface area contributed by atoms with E-state index in [1.165, 1.54) is 0 Å². The van der Waals surface area contributed by atoms with E-state index in [9.17, 15) is 9.59 Å². The minimum Gasteiger partial charge on any atom is -0.398 e. The SMILES string of the molecule is Cc1cc(N)c2cc(C(CCC(N)=O)(C(N)=O)c3ccc4nc(C)cc(N)c4c3)ccc2n1. The van der Waals surface area contributed by atoms with E-state index in [4.69, 9.17) is 22.9 Å². The van der Waals surface area contributed by atoms with Crippen molar-refractivity contribution in [1.29, 1.82) is 0 Å². The lowest BCUT2D eigenvalue weighted by molar-refractivity contribution is -0.123. The van der Waals surface area contributed by atoms with E-state index in [0.29, 0.717) is 44.3 Å². The molecule has 0 aliphatic rings. The molecule has 0 radical (unpaired) electrons. The first-order valence-corrected chi connectivity index (χ1v) is 10.5. The summed E-state index contributed by atoms with van der Waals surface area (Å²) in [5.74, 6) is -1.14. The molecule has 0 unspecified atom stereocenters. The van der Waals surface area contributed by atoms with E-state index < -0.39 is 17.2 Å². The number of hydrogen-bond donors (Lipinski definition) is 4. The van der Waals surface area contributed by atoms with Gasteiger partial charge in [-0.2, -0.15) is 0 Å². The number of benzene rings is 2. The van der Waals surface area contributed by atoms with Crippen LogP contribution in [0.15, 0.2) is 48.5 Å². The van der Waals surface area contributed by atoms with Gasteiger partial charge in [0.25, 0.3) is 0 Å². The normalized spacial score (nSPS) is 11.7. The Hall–Kier alpha value is -4.20. The molecule has 0 atom stereocenters. The number of amides is 2. The Kier molecular flexibility index (Phi) is 5.37. The molecule has 0 saturated carbocycles. The van der Waals surface area contributed by atoms with E-state index >= 15 is 0 Å². The van der Waals surface area contributed by atoms with Gasteiger partial charge in [0.2, 0.25) is 11.8 Å². The second-order valence-corrected chi connectivity index (χ2v) is 8.41. The molecule has 2 heterocycles. The summed E-state index contributed by atoms with van der Waals surface area (Å²) in [5, 5.41) is 1.39. The van der Waals surface area contributed by atoms with Crippen LogP contribution in [0, 0.1) is 13.8 Å². The Bertz CT molecular complexity index is 1340. The van der Waals surface area contributed by atoms with Crippen LogP contribution in [0.1, 0.15) is 35.4 Å². The highest BCUT2D eigenvalue weighted by atomic mass is 16.1. The number of hydrogen-bond acceptors (Lipinski definition) is 6. The van der Waals surface area contributed by atoms with Gasteiger partial charge in [-0.15, -0.1) is 0 Å². The molecular weight excluding hydrogens is 416 g/mol. The minimum atomic E-state index is -1.34. The van der Waals surface area contributed by atoms with E-state index in [-0.39, 0.29) is 12.8 Å². The average Bonchev–Trinajstić information content (AvgIpc) is 2.74. The Labute approximate surface area is 191 Å². The average molecular weight is 443 g/mol. The van der Waals surface area contributed by atoms with Crippen LogP contribution in [0.5, 0.6) is 0 Å². The number of primary amides is 2. The van der Waals surface area contributed by atoms with Crippen molar-refractivity contribution in [2.75, 3.05) is 11.5 Å². The standard InChI is InChI=1S/C25H26N6O2/c1-13-9-19(26)17-11-15(3-5-21(17)30-13)25(24(29)33,8-7-23(28)32)16-4-6-22-18(12-16)20(27)10-14(2)31-22/h3-6,9-12H,7-8H2,1-2H3,(H2,26,30)(H2,27,31)(H2,28,32)(H2,29,33). The molecule has 2 aromatic carbocycles. The molecule has 8 N–H and O–H groups in total. The summed E-state index contributed by atoms with van der Waals surface area (Å²) in [7, 11) is 0. The molecule has 0 saturated heterocycles. The molecule has 4 rings (SSSR count). The largest absolute Gasteiger partial charge is 0.398 e. The number of pyridine rings is 2. The molecule has 0 aliphatic carbocycles. The molecule has 8 nitrogen and oxygen atoms in total. The zero-order valence-electron chi connectivity index (χ0n) is 18.6. The van der Waals surface area contributed by atoms with Crippen LogP contribution in [0.3, 0.4) is 0 Å². The number of nitrogen functional groups attached to an aromatic ring is 2. The zero-order valence-corrected chi connectivity index (χ0v) is 18.6. The molecule has 0 bridgehead atoms. The van der Waals surface area contributed by atoms with Crippen LogP contribution in [-0.2, 0) is 15.0 Å². The van der Waals surface area contributed by atoms with Gasteiger partial charge in [-0.1, -0.05) is 12.1 Å². The van der Waals surface area contributed by atoms with E-state index in [0.717, 1.165) is 11.4 Å². The Morgan fingerprint density at radius 3 is 1.64 bits per heavy atom. The van der Waals surface area contributed by atoms with E-state index in [1.807, 2.05) is 26.0 Å². The maximum atomic E-state index is 13.2. The van der Waals surface area contributed by atoms with Crippen molar-refractivity contribution in [3.05, 3.63) is 71.0 Å². The number of nitrogens with two attached hydrogens (primary N) is 4. The Morgan fingerprint density at radius 1 is 0.788 bits per heavy atom. The van der Waals surface area contributed by atoms with Crippen LogP contribution in [0.2, 0.25) is 0 Å². The van der Waals surface area contributed by atoms with Gasteiger partial charge >= 0.3 is 0 Å². The van der Waals surface area contributed by atoms with Crippen LogP contribution in [0.4, 0.5) is 11.4 Å². The van der Waals surface area contributed by atoms with E-state index in [2.05, 4.69) is 9.97 Å². The molecule has 2 aromatic heterocycles. The molecule has 0 aliphatic heterocycles. The molecule has 168 valence electrons. The van der Waals surface area contributed by atoms with Gasteiger partial charge in [-0.25, -0.2) is 0 Å². The minimum absolute atomic E-state index is 0.0394. The van der Waals surface area contributed by atoms with Crippen LogP contribution in [-0.4, -0.2) is 21.8 Å². The highest BCUT2D eigenvalue weighted by Gasteiger charge is 2.41. The lowest BCUT2D eigenvalue weighted by Crippen LogP contribution is -2.43. The smallest absolute Gasteiger partial charge is 0.232 e. The van der Waals surface area contributed by atoms with Gasteiger partial charge in [0.05, 0.1) is 16.4 Å². The number of carbonyl (C=O) groups is 2. The maximum Gasteiger partial charge on any atom is 0.232 e. The third-order valence-electron chi connectivity index (χ3n) is 6.09. The number of nitrogens with zero attached hydrogens (tertiary/aromatic N) is 2. The predicted octanol–water partition coefficient (Wildman–Crippen LogP) is 2.60. The fourth-order valence-corrected chi connectivity index (χ4v) is 4.48. The van der Waals surface area contributed by atoms with Crippen molar-refractivity contribution in [3.63, 3.8) is 0 Å². The monoisotopic (exact) mass is 442 g/mol. The van der Waals surface area contributed by atoms with Crippen LogP contribution in [0.25, 0.3) is 21.8 Å². The van der Waals surface area contributed by atoms with Crippen LogP contribution >= 0.6 is 0 Å². The van der Waals surface area contributed by atoms with Crippen molar-refractivity contribution >= 4 is 45.0 Å². The Balaban J connectivity index is 2.02. The molecular formula is C25H26N6O2. The summed E-state index contributed by atoms with van der Waals surface area (Å²) in [6.45, 7) is 3.72. The molecule has 2 amide bonds. The first kappa shape index (κ1) is 22.0. The lowest BCUT2D eigenvalue weighted by Gasteiger charge is -2.32. The fourth-order valence-electron chi connectivity index (χ4n) is 4.48. The summed E-state index contributed by atoms with van der Waals surface area (Å²) in [6, 6.07) is 14.3. The van der Waals surface area contributed by atoms with Gasteiger partial charge in [-0.05, 0) is 67.8 Å². The number of aromatic nitrogens is 2. The summed E-state index contributed by atoms with van der Waals surface area (Å²) in [6.07, 6.45) is 0.0509. The van der Waals surface area contributed by atoms with Crippen molar-refractivity contribution in [3.8, 4) is 0 Å². The highest BCUT2D eigenvalue weighted by molar-refractivity contribution is 5.98. The van der Waals surface area contributed by atoms with Crippen molar-refractivity contribution in [2.45, 2.75) is 32.1 Å². The zero-order chi connectivity index (χ0) is 23.9. The number of rotatable bonds is 6. The van der Waals surface area contributed by atoms with Gasteiger partial charge in [-0.3, -0.25) is 19.6 Å². The Morgan fingerprint density at radius 2 is 1.24 bits per heavy atom. The van der Waals surface area contributed by atoms with Crippen molar-refractivity contribution in [2.24, 2.45) is 11.5 Å². The van der Waals surface area contributed by atoms with Gasteiger partial charge in [0.1, 0.15) is 0 Å². The first-order valence-electron chi connectivity index (χ1n) is 10.5. The summed E-state index contributed by atoms with van der Waals surface area (Å²) in [5.41, 5.74) is 27.9. The molecule has 0 spiro atoms. The third-order valence-corrected chi connectivity index (χ3v) is 6.09. The fraction of sp³-hybridized carbons (Fsp3) is 0.200. The van der Waals surface area contributed by atoms with Gasteiger partial charge in [0, 0.05) is 40.0 Å². The lowest BCUT2D eigenvalue weighted by atomic mass is 9.70. The maximum absolute atomic E-state index is 13.2. The first-order chi connectivity index (χ1) is 15.6. The number of aryl methyl sites for hydroxylation is 2. The molecule has 0 fully saturated rings. The number of carbonyl (C=O) groups excluding carboxylic acids is 2. The number of anilines is 2. The summed E-state index contributed by atoms with van der Waals surface area (Å²) in [4.78, 5) is 33.9. The third kappa shape index (κ3) is 3.80. The quantitative estimate of drug-likeness (QED) is 0.358. The topological polar surface area (TPSA) is 164 Å². The second kappa shape index (κ2) is 8.05. The van der Waals surface area contributed by atoms with Crippen molar-refractivity contribution < 1.29 is 9.59 Å². The van der Waals surface area contributed by atoms with Crippen molar-refractivity contribution in [1.82, 2.24) is 9.97 Å². The second-order valence-electron chi connectivity index (χ2n) is 8.41. The molecule has 4 aromatic rings.